The number of aliphatic hydroxyl groups excluding tert-OH is 1. The molecule has 1 heterocycles. The summed E-state index contributed by atoms with van der Waals surface area (Å²) in [5, 5.41) is 15.4. The van der Waals surface area contributed by atoms with Crippen molar-refractivity contribution in [2.75, 3.05) is 37.4 Å². The lowest BCUT2D eigenvalue weighted by Crippen LogP contribution is -2.31. The zero-order valence-corrected chi connectivity index (χ0v) is 16.9. The van der Waals surface area contributed by atoms with E-state index in [0.29, 0.717) is 22.0 Å². The molecule has 0 bridgehead atoms. The molecule has 2 aromatic carbocycles. The Labute approximate surface area is 178 Å². The molecule has 3 rings (SSSR count). The Bertz CT molecular complexity index is 1000. The number of methoxy groups -OCH3 is 1. The van der Waals surface area contributed by atoms with Crippen molar-refractivity contribution in [2.45, 2.75) is 0 Å². The van der Waals surface area contributed by atoms with Crippen molar-refractivity contribution in [3.05, 3.63) is 70.4 Å². The normalized spacial score (nSPS) is 13.4. The number of hydrogen-bond acceptors (Lipinski definition) is 6. The number of benzene rings is 2. The summed E-state index contributed by atoms with van der Waals surface area (Å²) in [6.45, 7) is -0.104. The Balaban J connectivity index is 1.80. The van der Waals surface area contributed by atoms with Gasteiger partial charge in [0.2, 0.25) is 0 Å². The van der Waals surface area contributed by atoms with E-state index in [1.54, 1.807) is 48.5 Å². The van der Waals surface area contributed by atoms with Crippen LogP contribution in [-0.2, 0) is 14.3 Å². The first kappa shape index (κ1) is 21.4. The van der Waals surface area contributed by atoms with E-state index in [1.165, 1.54) is 12.0 Å². The maximum atomic E-state index is 12.6. The fraction of sp³-hybridized carbons (Fsp3) is 0.190. The van der Waals surface area contributed by atoms with Gasteiger partial charge in [0.1, 0.15) is 5.70 Å². The highest BCUT2D eigenvalue weighted by Crippen LogP contribution is 2.23. The van der Waals surface area contributed by atoms with Crippen LogP contribution < -0.4 is 10.6 Å². The minimum atomic E-state index is -0.636. The number of nitrogens with one attached hydrogen (secondary N) is 2. The van der Waals surface area contributed by atoms with E-state index in [2.05, 4.69) is 10.6 Å². The zero-order valence-electron chi connectivity index (χ0n) is 16.1. The minimum Gasteiger partial charge on any atom is -0.466 e. The number of β-amino-alcohol motifs (C(OH)–C–C–N with tert-alkyl or cyclic N) is 1. The van der Waals surface area contributed by atoms with Crippen LogP contribution in [0.1, 0.15) is 10.4 Å². The first-order valence-electron chi connectivity index (χ1n) is 9.08. The van der Waals surface area contributed by atoms with Crippen molar-refractivity contribution in [1.82, 2.24) is 4.90 Å². The molecule has 0 aliphatic carbocycles. The predicted molar refractivity (Wildman–Crippen MR) is 112 cm³/mol. The molecule has 0 unspecified atom stereocenters. The van der Waals surface area contributed by atoms with Crippen LogP contribution >= 0.6 is 11.6 Å². The van der Waals surface area contributed by atoms with Crippen LogP contribution in [0, 0.1) is 0 Å². The highest BCUT2D eigenvalue weighted by molar-refractivity contribution is 6.30. The Kier molecular flexibility index (Phi) is 6.71. The van der Waals surface area contributed by atoms with E-state index in [0.717, 1.165) is 0 Å². The number of anilines is 2. The molecule has 0 atom stereocenters. The molecule has 0 saturated carbocycles. The van der Waals surface area contributed by atoms with Crippen LogP contribution in [-0.4, -0.2) is 54.6 Å². The summed E-state index contributed by atoms with van der Waals surface area (Å²) in [6, 6.07) is 13.2. The number of rotatable bonds is 7. The summed E-state index contributed by atoms with van der Waals surface area (Å²) in [5.74, 6) is -1.41. The molecular weight excluding hydrogens is 410 g/mol. The second kappa shape index (κ2) is 9.43. The average Bonchev–Trinajstić information content (AvgIpc) is 3.05. The molecular formula is C21H20ClN3O5. The number of esters is 1. The summed E-state index contributed by atoms with van der Waals surface area (Å²) in [7, 11) is 1.23. The number of aliphatic hydroxyl groups is 1. The summed E-state index contributed by atoms with van der Waals surface area (Å²) >= 11 is 5.85. The number of carbonyl (C=O) groups excluding carboxylic acids is 3. The smallest absolute Gasteiger partial charge is 0.337 e. The van der Waals surface area contributed by atoms with Gasteiger partial charge in [-0.3, -0.25) is 9.59 Å². The topological polar surface area (TPSA) is 108 Å². The summed E-state index contributed by atoms with van der Waals surface area (Å²) in [6.07, 6.45) is 0. The molecule has 3 N–H and O–H groups in total. The van der Waals surface area contributed by atoms with Gasteiger partial charge >= 0.3 is 5.97 Å². The first-order chi connectivity index (χ1) is 14.4. The van der Waals surface area contributed by atoms with Crippen LogP contribution in [0.4, 0.5) is 11.4 Å². The second-order valence-electron chi connectivity index (χ2n) is 6.46. The van der Waals surface area contributed by atoms with Gasteiger partial charge in [-0.15, -0.1) is 0 Å². The third kappa shape index (κ3) is 4.79. The summed E-state index contributed by atoms with van der Waals surface area (Å²) in [4.78, 5) is 38.6. The maximum absolute atomic E-state index is 12.6. The van der Waals surface area contributed by atoms with Crippen molar-refractivity contribution >= 4 is 40.8 Å². The molecule has 0 aromatic heterocycles. The van der Waals surface area contributed by atoms with E-state index < -0.39 is 11.9 Å². The molecule has 30 heavy (non-hydrogen) atoms. The van der Waals surface area contributed by atoms with E-state index >= 15 is 0 Å². The molecule has 0 spiro atoms. The van der Waals surface area contributed by atoms with E-state index in [9.17, 15) is 14.4 Å². The summed E-state index contributed by atoms with van der Waals surface area (Å²) in [5.41, 5.74) is 1.61. The molecule has 2 amide bonds. The Morgan fingerprint density at radius 3 is 2.57 bits per heavy atom. The molecule has 9 heteroatoms. The monoisotopic (exact) mass is 429 g/mol. The summed E-state index contributed by atoms with van der Waals surface area (Å²) < 4.78 is 4.76. The Morgan fingerprint density at radius 2 is 1.90 bits per heavy atom. The number of ether oxygens (including phenoxy) is 1. The molecule has 0 saturated heterocycles. The number of nitrogens with zero attached hydrogens (tertiary/aromatic N) is 1. The lowest BCUT2D eigenvalue weighted by Gasteiger charge is -2.15. The highest BCUT2D eigenvalue weighted by Gasteiger charge is 2.34. The zero-order chi connectivity index (χ0) is 21.7. The van der Waals surface area contributed by atoms with Crippen molar-refractivity contribution in [3.8, 4) is 0 Å². The van der Waals surface area contributed by atoms with Crippen LogP contribution in [0.3, 0.4) is 0 Å². The fourth-order valence-corrected chi connectivity index (χ4v) is 3.09. The average molecular weight is 430 g/mol. The maximum Gasteiger partial charge on any atom is 0.337 e. The first-order valence-corrected chi connectivity index (χ1v) is 9.46. The number of halogens is 1. The Hall–Kier alpha value is -3.36. The van der Waals surface area contributed by atoms with E-state index in [1.807, 2.05) is 0 Å². The molecule has 8 nitrogen and oxygen atoms in total. The quantitative estimate of drug-likeness (QED) is 0.583. The SMILES string of the molecule is COC(=O)C1=C(Nc2cccc(C(=O)Nc3ccc(Cl)cc3)c2)C(=O)N(CCO)C1. The van der Waals surface area contributed by atoms with Crippen molar-refractivity contribution in [2.24, 2.45) is 0 Å². The molecule has 0 radical (unpaired) electrons. The van der Waals surface area contributed by atoms with Crippen LogP contribution in [0.2, 0.25) is 5.02 Å². The lowest BCUT2D eigenvalue weighted by atomic mass is 10.1. The minimum absolute atomic E-state index is 0.0329. The molecule has 1 aliphatic rings. The Morgan fingerprint density at radius 1 is 1.17 bits per heavy atom. The standard InChI is InChI=1S/C21H20ClN3O5/c1-30-21(29)17-12-25(9-10-26)20(28)18(17)23-16-4-2-3-13(11-16)19(27)24-15-7-5-14(22)6-8-15/h2-8,11,23,26H,9-10,12H2,1H3,(H,24,27). The van der Waals surface area contributed by atoms with Gasteiger partial charge in [-0.2, -0.15) is 0 Å². The number of amides is 2. The number of carbonyl (C=O) groups is 3. The molecule has 0 fully saturated rings. The third-order valence-electron chi connectivity index (χ3n) is 4.45. The molecule has 2 aromatic rings. The third-order valence-corrected chi connectivity index (χ3v) is 4.70. The van der Waals surface area contributed by atoms with Gasteiger partial charge in [0, 0.05) is 28.5 Å². The van der Waals surface area contributed by atoms with Gasteiger partial charge in [-0.1, -0.05) is 17.7 Å². The van der Waals surface area contributed by atoms with Crippen molar-refractivity contribution in [3.63, 3.8) is 0 Å². The lowest BCUT2D eigenvalue weighted by molar-refractivity contribution is -0.136. The van der Waals surface area contributed by atoms with Gasteiger partial charge in [0.05, 0.1) is 25.8 Å². The van der Waals surface area contributed by atoms with Crippen LogP contribution in [0.15, 0.2) is 59.8 Å². The fourth-order valence-electron chi connectivity index (χ4n) is 2.97. The van der Waals surface area contributed by atoms with E-state index in [4.69, 9.17) is 21.4 Å². The van der Waals surface area contributed by atoms with Gasteiger partial charge in [-0.25, -0.2) is 4.79 Å². The van der Waals surface area contributed by atoms with Gasteiger partial charge < -0.3 is 25.4 Å². The van der Waals surface area contributed by atoms with Gasteiger partial charge in [0.15, 0.2) is 0 Å². The number of hydrogen-bond donors (Lipinski definition) is 3. The van der Waals surface area contributed by atoms with Crippen LogP contribution in [0.5, 0.6) is 0 Å². The van der Waals surface area contributed by atoms with Crippen molar-refractivity contribution in [1.29, 1.82) is 0 Å². The highest BCUT2D eigenvalue weighted by atomic mass is 35.5. The van der Waals surface area contributed by atoms with Gasteiger partial charge in [0.25, 0.3) is 11.8 Å². The largest absolute Gasteiger partial charge is 0.466 e. The van der Waals surface area contributed by atoms with Crippen LogP contribution in [0.25, 0.3) is 0 Å². The molecule has 156 valence electrons. The predicted octanol–water partition coefficient (Wildman–Crippen LogP) is 2.27. The van der Waals surface area contributed by atoms with Gasteiger partial charge in [-0.05, 0) is 42.5 Å². The van der Waals surface area contributed by atoms with Crippen molar-refractivity contribution < 1.29 is 24.2 Å². The molecule has 1 aliphatic heterocycles. The second-order valence-corrected chi connectivity index (χ2v) is 6.90. The van der Waals surface area contributed by atoms with E-state index in [-0.39, 0.29) is 36.9 Å².